The van der Waals surface area contributed by atoms with E-state index < -0.39 is 38.1 Å². The fraction of sp³-hybridized carbons (Fsp3) is 0.344. The second-order valence-electron chi connectivity index (χ2n) is 11.3. The first kappa shape index (κ1) is 29.9. The molecule has 1 aromatic heterocycles. The number of pyridine rings is 1. The highest BCUT2D eigenvalue weighted by molar-refractivity contribution is 6.79. The molecule has 0 aliphatic carbocycles. The largest absolute Gasteiger partial charge is 0.515 e. The Labute approximate surface area is 241 Å². The van der Waals surface area contributed by atoms with Crippen molar-refractivity contribution in [3.8, 4) is 0 Å². The Morgan fingerprint density at radius 3 is 2.05 bits per heavy atom. The van der Waals surface area contributed by atoms with Crippen molar-refractivity contribution in [3.05, 3.63) is 84.1 Å². The highest BCUT2D eigenvalue weighted by Gasteiger charge is 2.48. The van der Waals surface area contributed by atoms with Crippen molar-refractivity contribution in [2.75, 3.05) is 5.32 Å². The second-order valence-corrected chi connectivity index (χ2v) is 16.7. The van der Waals surface area contributed by atoms with E-state index in [0.29, 0.717) is 11.2 Å². The smallest absolute Gasteiger partial charge is 0.317 e. The lowest BCUT2D eigenvalue weighted by Crippen LogP contribution is -2.49. The first-order valence-corrected chi connectivity index (χ1v) is 16.1. The number of para-hydroxylation sites is 1. The number of carbonyl (C=O) groups is 4. The van der Waals surface area contributed by atoms with Gasteiger partial charge in [0.15, 0.2) is 0 Å². The fourth-order valence-electron chi connectivity index (χ4n) is 6.10. The van der Waals surface area contributed by atoms with Gasteiger partial charge in [0.25, 0.3) is 20.1 Å². The maximum atomic E-state index is 13.7. The molecule has 4 rings (SSSR count). The molecule has 3 aromatic rings. The van der Waals surface area contributed by atoms with Crippen LogP contribution in [0.2, 0.25) is 16.6 Å². The van der Waals surface area contributed by atoms with Gasteiger partial charge in [0.05, 0.1) is 22.3 Å². The van der Waals surface area contributed by atoms with E-state index in [1.165, 1.54) is 12.2 Å². The average Bonchev–Trinajstić information content (AvgIpc) is 3.18. The van der Waals surface area contributed by atoms with Crippen LogP contribution in [-0.2, 0) is 14.0 Å². The highest BCUT2D eigenvalue weighted by Crippen LogP contribution is 2.42. The predicted octanol–water partition coefficient (Wildman–Crippen LogP) is 6.50. The summed E-state index contributed by atoms with van der Waals surface area (Å²) in [5, 5.41) is 3.69. The number of nitrogens with zero attached hydrogens (tertiary/aromatic N) is 2. The van der Waals surface area contributed by atoms with Crippen molar-refractivity contribution in [1.29, 1.82) is 0 Å². The van der Waals surface area contributed by atoms with Gasteiger partial charge in [-0.3, -0.25) is 24.3 Å². The number of rotatable bonds is 10. The summed E-state index contributed by atoms with van der Waals surface area (Å²) in [5.41, 5.74) is 2.17. The van der Waals surface area contributed by atoms with Crippen molar-refractivity contribution in [1.82, 2.24) is 9.88 Å². The van der Waals surface area contributed by atoms with E-state index in [9.17, 15) is 19.2 Å². The van der Waals surface area contributed by atoms with Gasteiger partial charge < -0.3 is 9.74 Å². The quantitative estimate of drug-likeness (QED) is 0.169. The van der Waals surface area contributed by atoms with Crippen LogP contribution in [0.15, 0.2) is 72.9 Å². The van der Waals surface area contributed by atoms with Crippen molar-refractivity contribution in [2.24, 2.45) is 0 Å². The molecule has 1 atom stereocenters. The minimum absolute atomic E-state index is 0.0653. The third kappa shape index (κ3) is 5.72. The third-order valence-electron chi connectivity index (χ3n) is 7.93. The summed E-state index contributed by atoms with van der Waals surface area (Å²) in [6.45, 7) is 12.5. The van der Waals surface area contributed by atoms with Crippen LogP contribution in [0.3, 0.4) is 0 Å². The topological polar surface area (TPSA) is 106 Å². The van der Waals surface area contributed by atoms with Gasteiger partial charge in [-0.15, -0.1) is 0 Å². The lowest BCUT2D eigenvalue weighted by molar-refractivity contribution is -0.130. The Bertz CT molecular complexity index is 1450. The van der Waals surface area contributed by atoms with E-state index >= 15 is 0 Å². The van der Waals surface area contributed by atoms with Gasteiger partial charge >= 0.3 is 5.97 Å². The zero-order valence-corrected chi connectivity index (χ0v) is 25.4. The van der Waals surface area contributed by atoms with Crippen LogP contribution in [0.4, 0.5) is 5.69 Å². The van der Waals surface area contributed by atoms with E-state index in [1.807, 2.05) is 12.1 Å². The van der Waals surface area contributed by atoms with Crippen molar-refractivity contribution >= 4 is 48.6 Å². The first-order chi connectivity index (χ1) is 19.5. The lowest BCUT2D eigenvalue weighted by Gasteiger charge is -2.40. The minimum Gasteiger partial charge on any atom is -0.515 e. The number of anilines is 1. The molecule has 214 valence electrons. The summed E-state index contributed by atoms with van der Waals surface area (Å²) >= 11 is 0. The van der Waals surface area contributed by atoms with Crippen LogP contribution in [0, 0.1) is 0 Å². The van der Waals surface area contributed by atoms with Crippen molar-refractivity contribution < 1.29 is 23.6 Å². The highest BCUT2D eigenvalue weighted by atomic mass is 28.4. The number of hydrogen-bond acceptors (Lipinski definition) is 6. The zero-order chi connectivity index (χ0) is 29.9. The van der Waals surface area contributed by atoms with Gasteiger partial charge in [-0.2, -0.15) is 0 Å². The molecule has 0 saturated carbocycles. The molecule has 0 unspecified atom stereocenters. The van der Waals surface area contributed by atoms with E-state index in [2.05, 4.69) is 51.8 Å². The molecule has 9 heteroatoms. The minimum atomic E-state index is -2.46. The second kappa shape index (κ2) is 12.2. The standard InChI is InChI=1S/C32H37N3O5Si/c1-20(2)41(21(3)4,22(5)6)40-28(36)18-10-17-27(35-31(38)24-14-7-8-15-25(24)32(35)39)30(37)34-26-16-9-12-23-13-11-19-33-29(23)26/h7-16,18-22,27H,17H2,1-6H3,(H,34,37)/b18-10+/t27-/m0/s1. The van der Waals surface area contributed by atoms with Gasteiger partial charge in [-0.1, -0.05) is 78.0 Å². The summed E-state index contributed by atoms with van der Waals surface area (Å²) in [6, 6.07) is 14.4. The number of imide groups is 1. The summed E-state index contributed by atoms with van der Waals surface area (Å²) in [6.07, 6.45) is 4.39. The molecule has 3 amide bonds. The summed E-state index contributed by atoms with van der Waals surface area (Å²) in [7, 11) is -2.46. The molecular formula is C32H37N3O5Si. The Kier molecular flexibility index (Phi) is 8.87. The third-order valence-corrected chi connectivity index (χ3v) is 13.9. The summed E-state index contributed by atoms with van der Waals surface area (Å²) in [4.78, 5) is 58.8. The van der Waals surface area contributed by atoms with Gasteiger partial charge in [0.1, 0.15) is 6.04 Å². The van der Waals surface area contributed by atoms with Crippen molar-refractivity contribution in [3.63, 3.8) is 0 Å². The van der Waals surface area contributed by atoms with E-state index in [4.69, 9.17) is 4.43 Å². The number of carbonyl (C=O) groups excluding carboxylic acids is 4. The number of hydrogen-bond donors (Lipinski definition) is 1. The number of aromatic nitrogens is 1. The Balaban J connectivity index is 1.62. The molecule has 1 N–H and O–H groups in total. The van der Waals surface area contributed by atoms with E-state index in [1.54, 1.807) is 48.7 Å². The molecule has 2 aromatic carbocycles. The van der Waals surface area contributed by atoms with Gasteiger partial charge in [0.2, 0.25) is 5.91 Å². The van der Waals surface area contributed by atoms with Gasteiger partial charge in [-0.05, 0) is 47.3 Å². The Morgan fingerprint density at radius 2 is 1.46 bits per heavy atom. The summed E-state index contributed by atoms with van der Waals surface area (Å²) in [5.74, 6) is -2.15. The maximum Gasteiger partial charge on any atom is 0.317 e. The molecule has 0 fully saturated rings. The lowest BCUT2D eigenvalue weighted by atomic mass is 10.1. The number of fused-ring (bicyclic) bond motifs is 2. The molecule has 41 heavy (non-hydrogen) atoms. The normalized spacial score (nSPS) is 14.4. The van der Waals surface area contributed by atoms with Crippen LogP contribution >= 0.6 is 0 Å². The monoisotopic (exact) mass is 571 g/mol. The van der Waals surface area contributed by atoms with Crippen LogP contribution in [0.1, 0.15) is 68.7 Å². The van der Waals surface area contributed by atoms with Crippen LogP contribution < -0.4 is 5.32 Å². The summed E-state index contributed by atoms with van der Waals surface area (Å²) < 4.78 is 6.18. The molecule has 0 radical (unpaired) electrons. The number of nitrogens with one attached hydrogen (secondary N) is 1. The molecule has 8 nitrogen and oxygen atoms in total. The fourth-order valence-corrected chi connectivity index (χ4v) is 11.2. The molecule has 0 bridgehead atoms. The predicted molar refractivity (Wildman–Crippen MR) is 162 cm³/mol. The molecule has 0 spiro atoms. The van der Waals surface area contributed by atoms with Crippen LogP contribution in [-0.4, -0.2) is 47.9 Å². The molecule has 2 heterocycles. The van der Waals surface area contributed by atoms with Gasteiger partial charge in [0, 0.05) is 17.7 Å². The van der Waals surface area contributed by atoms with Gasteiger partial charge in [-0.25, -0.2) is 4.79 Å². The molecular weight excluding hydrogens is 534 g/mol. The number of amides is 3. The molecule has 1 aliphatic rings. The Morgan fingerprint density at radius 1 is 0.878 bits per heavy atom. The maximum absolute atomic E-state index is 13.7. The first-order valence-electron chi connectivity index (χ1n) is 14.0. The zero-order valence-electron chi connectivity index (χ0n) is 24.4. The number of benzene rings is 2. The SMILES string of the molecule is CC(C)[Si](OC(=O)/C=C/C[C@@H](C(=O)Nc1cccc2cccnc12)N1C(=O)c2ccccc2C1=O)(C(C)C)C(C)C. The average molecular weight is 572 g/mol. The van der Waals surface area contributed by atoms with Crippen LogP contribution in [0.5, 0.6) is 0 Å². The van der Waals surface area contributed by atoms with E-state index in [-0.39, 0.29) is 34.2 Å². The van der Waals surface area contributed by atoms with Crippen molar-refractivity contribution in [2.45, 2.75) is 70.6 Å². The van der Waals surface area contributed by atoms with E-state index in [0.717, 1.165) is 10.3 Å². The Hall–Kier alpha value is -4.11. The molecule has 1 aliphatic heterocycles. The van der Waals surface area contributed by atoms with Crippen LogP contribution in [0.25, 0.3) is 10.9 Å². The molecule has 0 saturated heterocycles.